The van der Waals surface area contributed by atoms with Gasteiger partial charge in [-0.25, -0.2) is 19.3 Å². The number of aromatic nitrogens is 4. The second-order valence-corrected chi connectivity index (χ2v) is 8.69. The molecule has 0 bridgehead atoms. The third-order valence-corrected chi connectivity index (χ3v) is 6.42. The van der Waals surface area contributed by atoms with Crippen molar-refractivity contribution >= 4 is 5.95 Å². The molecule has 2 heterocycles. The molecule has 0 unspecified atom stereocenters. The third kappa shape index (κ3) is 4.65. The summed E-state index contributed by atoms with van der Waals surface area (Å²) in [7, 11) is 0. The Bertz CT molecular complexity index is 1200. The first kappa shape index (κ1) is 21.3. The second-order valence-electron chi connectivity index (χ2n) is 8.69. The van der Waals surface area contributed by atoms with Gasteiger partial charge in [-0.15, -0.1) is 0 Å². The first-order valence-corrected chi connectivity index (χ1v) is 11.7. The molecule has 1 saturated carbocycles. The molecular weight excluding hydrogens is 413 g/mol. The SMILES string of the molecule is C[C@@H](Nc1nccc(-c2c(-c3ccc(F)cc3)ncn2C2CCCCC2)n1)c1ccccc1. The van der Waals surface area contributed by atoms with Crippen LogP contribution in [0, 0.1) is 5.82 Å². The summed E-state index contributed by atoms with van der Waals surface area (Å²) in [5, 5.41) is 3.42. The Labute approximate surface area is 193 Å². The Hall–Kier alpha value is -3.54. The number of hydrogen-bond acceptors (Lipinski definition) is 4. The standard InChI is InChI=1S/C27H28FN5/c1-19(20-8-4-2-5-9-20)31-27-29-17-16-24(32-27)26-25(21-12-14-22(28)15-13-21)30-18-33(26)23-10-6-3-7-11-23/h2,4-5,8-9,12-19,23H,3,6-7,10-11H2,1H3,(H,29,31,32)/t19-/m1/s1. The summed E-state index contributed by atoms with van der Waals surface area (Å²) in [4.78, 5) is 14.1. The van der Waals surface area contributed by atoms with Crippen molar-refractivity contribution in [3.63, 3.8) is 0 Å². The summed E-state index contributed by atoms with van der Waals surface area (Å²) in [6.07, 6.45) is 9.70. The minimum absolute atomic E-state index is 0.0706. The Balaban J connectivity index is 1.53. The number of hydrogen-bond donors (Lipinski definition) is 1. The summed E-state index contributed by atoms with van der Waals surface area (Å²) in [5.74, 6) is 0.320. The molecule has 0 amide bonds. The van der Waals surface area contributed by atoms with Crippen LogP contribution in [-0.2, 0) is 0 Å². The molecule has 1 aliphatic carbocycles. The molecule has 0 saturated heterocycles. The lowest BCUT2D eigenvalue weighted by Gasteiger charge is -2.25. The highest BCUT2D eigenvalue weighted by Crippen LogP contribution is 2.37. The van der Waals surface area contributed by atoms with E-state index in [1.807, 2.05) is 30.6 Å². The maximum absolute atomic E-state index is 13.6. The monoisotopic (exact) mass is 441 g/mol. The van der Waals surface area contributed by atoms with Crippen molar-refractivity contribution in [2.24, 2.45) is 0 Å². The maximum Gasteiger partial charge on any atom is 0.223 e. The molecule has 1 aliphatic rings. The van der Waals surface area contributed by atoms with Gasteiger partial charge >= 0.3 is 0 Å². The fraction of sp³-hybridized carbons (Fsp3) is 0.296. The van der Waals surface area contributed by atoms with Gasteiger partial charge in [0.1, 0.15) is 5.82 Å². The van der Waals surface area contributed by atoms with Crippen LogP contribution in [0.3, 0.4) is 0 Å². The van der Waals surface area contributed by atoms with Crippen LogP contribution in [0.4, 0.5) is 10.3 Å². The third-order valence-electron chi connectivity index (χ3n) is 6.42. The molecule has 2 aromatic heterocycles. The predicted octanol–water partition coefficient (Wildman–Crippen LogP) is 6.82. The van der Waals surface area contributed by atoms with Crippen LogP contribution in [-0.4, -0.2) is 19.5 Å². The van der Waals surface area contributed by atoms with Crippen LogP contribution in [0.15, 0.2) is 73.2 Å². The van der Waals surface area contributed by atoms with Gasteiger partial charge in [0.05, 0.1) is 29.5 Å². The summed E-state index contributed by atoms with van der Waals surface area (Å²) < 4.78 is 15.9. The molecule has 1 atom stereocenters. The summed E-state index contributed by atoms with van der Waals surface area (Å²) >= 11 is 0. The predicted molar refractivity (Wildman–Crippen MR) is 129 cm³/mol. The fourth-order valence-corrected chi connectivity index (χ4v) is 4.65. The number of nitrogens with zero attached hydrogens (tertiary/aromatic N) is 4. The molecule has 33 heavy (non-hydrogen) atoms. The Morgan fingerprint density at radius 1 is 0.939 bits per heavy atom. The zero-order valence-electron chi connectivity index (χ0n) is 18.8. The largest absolute Gasteiger partial charge is 0.348 e. The smallest absolute Gasteiger partial charge is 0.223 e. The van der Waals surface area contributed by atoms with Crippen molar-refractivity contribution in [3.8, 4) is 22.6 Å². The van der Waals surface area contributed by atoms with Gasteiger partial charge in [-0.2, -0.15) is 0 Å². The van der Waals surface area contributed by atoms with Crippen molar-refractivity contribution in [1.29, 1.82) is 0 Å². The second kappa shape index (κ2) is 9.53. The van der Waals surface area contributed by atoms with E-state index in [1.54, 1.807) is 18.3 Å². The molecule has 6 heteroatoms. The van der Waals surface area contributed by atoms with Crippen molar-refractivity contribution in [3.05, 3.63) is 84.6 Å². The van der Waals surface area contributed by atoms with Crippen LogP contribution in [0.1, 0.15) is 56.7 Å². The van der Waals surface area contributed by atoms with Crippen molar-refractivity contribution in [2.45, 2.75) is 51.1 Å². The highest BCUT2D eigenvalue weighted by molar-refractivity contribution is 5.77. The van der Waals surface area contributed by atoms with E-state index >= 15 is 0 Å². The Morgan fingerprint density at radius 3 is 2.45 bits per heavy atom. The van der Waals surface area contributed by atoms with E-state index in [9.17, 15) is 4.39 Å². The molecule has 5 rings (SSSR count). The summed E-state index contributed by atoms with van der Waals surface area (Å²) in [5.41, 5.74) is 4.65. The van der Waals surface area contributed by atoms with Crippen molar-refractivity contribution < 1.29 is 4.39 Å². The molecule has 1 N–H and O–H groups in total. The lowest BCUT2D eigenvalue weighted by Crippen LogP contribution is -2.14. The number of anilines is 1. The minimum atomic E-state index is -0.254. The molecule has 5 nitrogen and oxygen atoms in total. The highest BCUT2D eigenvalue weighted by atomic mass is 19.1. The van der Waals surface area contributed by atoms with Gasteiger partial charge in [0.25, 0.3) is 0 Å². The zero-order chi connectivity index (χ0) is 22.6. The van der Waals surface area contributed by atoms with Crippen molar-refractivity contribution in [1.82, 2.24) is 19.5 Å². The van der Waals surface area contributed by atoms with Gasteiger partial charge in [-0.05, 0) is 55.7 Å². The normalized spacial score (nSPS) is 15.3. The number of rotatable bonds is 6. The van der Waals surface area contributed by atoms with Crippen LogP contribution >= 0.6 is 0 Å². The minimum Gasteiger partial charge on any atom is -0.348 e. The van der Waals surface area contributed by atoms with E-state index < -0.39 is 0 Å². The Morgan fingerprint density at radius 2 is 1.70 bits per heavy atom. The van der Waals surface area contributed by atoms with Gasteiger partial charge < -0.3 is 9.88 Å². The van der Waals surface area contributed by atoms with Gasteiger partial charge in [0, 0.05) is 17.8 Å². The van der Waals surface area contributed by atoms with Crippen LogP contribution < -0.4 is 5.32 Å². The topological polar surface area (TPSA) is 55.6 Å². The summed E-state index contributed by atoms with van der Waals surface area (Å²) in [6.45, 7) is 2.10. The molecular formula is C27H28FN5. The maximum atomic E-state index is 13.6. The average Bonchev–Trinajstić information content (AvgIpc) is 3.31. The number of benzene rings is 2. The summed E-state index contributed by atoms with van der Waals surface area (Å²) in [6, 6.07) is 19.2. The van der Waals surface area contributed by atoms with E-state index in [0.717, 1.165) is 35.5 Å². The molecule has 2 aromatic carbocycles. The van der Waals surface area contributed by atoms with Gasteiger partial charge in [-0.3, -0.25) is 0 Å². The zero-order valence-corrected chi connectivity index (χ0v) is 18.8. The number of imidazole rings is 1. The van der Waals surface area contributed by atoms with Crippen LogP contribution in [0.2, 0.25) is 0 Å². The molecule has 0 radical (unpaired) electrons. The molecule has 4 aromatic rings. The van der Waals surface area contributed by atoms with E-state index in [-0.39, 0.29) is 11.9 Å². The molecule has 0 spiro atoms. The van der Waals surface area contributed by atoms with Crippen LogP contribution in [0.5, 0.6) is 0 Å². The van der Waals surface area contributed by atoms with E-state index in [1.165, 1.54) is 37.0 Å². The first-order valence-electron chi connectivity index (χ1n) is 11.7. The van der Waals surface area contributed by atoms with Gasteiger partial charge in [-0.1, -0.05) is 49.6 Å². The van der Waals surface area contributed by atoms with Crippen LogP contribution in [0.25, 0.3) is 22.6 Å². The lowest BCUT2D eigenvalue weighted by atomic mass is 9.95. The molecule has 1 fully saturated rings. The van der Waals surface area contributed by atoms with E-state index in [2.05, 4.69) is 33.9 Å². The fourth-order valence-electron chi connectivity index (χ4n) is 4.65. The average molecular weight is 442 g/mol. The number of nitrogens with one attached hydrogen (secondary N) is 1. The van der Waals surface area contributed by atoms with E-state index in [0.29, 0.717) is 12.0 Å². The Kier molecular flexibility index (Phi) is 6.15. The highest BCUT2D eigenvalue weighted by Gasteiger charge is 2.23. The van der Waals surface area contributed by atoms with Gasteiger partial charge in [0.15, 0.2) is 0 Å². The quantitative estimate of drug-likeness (QED) is 0.356. The molecule has 168 valence electrons. The molecule has 0 aliphatic heterocycles. The van der Waals surface area contributed by atoms with E-state index in [4.69, 9.17) is 9.97 Å². The van der Waals surface area contributed by atoms with Gasteiger partial charge in [0.2, 0.25) is 5.95 Å². The van der Waals surface area contributed by atoms with Crippen molar-refractivity contribution in [2.75, 3.05) is 5.32 Å². The lowest BCUT2D eigenvalue weighted by molar-refractivity contribution is 0.355. The first-order chi connectivity index (χ1) is 16.2. The number of halogens is 1.